The first-order valence-electron chi connectivity index (χ1n) is 5.99. The molecule has 20 heavy (non-hydrogen) atoms. The van der Waals surface area contributed by atoms with Crippen LogP contribution >= 0.6 is 0 Å². The Kier molecular flexibility index (Phi) is 3.98. The summed E-state index contributed by atoms with van der Waals surface area (Å²) < 4.78 is 26.2. The van der Waals surface area contributed by atoms with Gasteiger partial charge in [0.15, 0.2) is 0 Å². The summed E-state index contributed by atoms with van der Waals surface area (Å²) in [5.41, 5.74) is 1.99. The minimum absolute atomic E-state index is 0.194. The number of carbonyl (C=O) groups is 1. The van der Waals surface area contributed by atoms with Gasteiger partial charge in [-0.05, 0) is 36.8 Å². The SMILES string of the molecule is Cc1cc(C(=O)O)ccc1NCc1ccc(F)cc1F. The maximum Gasteiger partial charge on any atom is 0.335 e. The lowest BCUT2D eigenvalue weighted by molar-refractivity contribution is 0.0697. The highest BCUT2D eigenvalue weighted by molar-refractivity contribution is 5.88. The molecule has 3 nitrogen and oxygen atoms in total. The Morgan fingerprint density at radius 2 is 1.95 bits per heavy atom. The van der Waals surface area contributed by atoms with Crippen molar-refractivity contribution in [3.05, 3.63) is 64.7 Å². The molecule has 0 spiro atoms. The Hall–Kier alpha value is -2.43. The van der Waals surface area contributed by atoms with Crippen LogP contribution in [-0.4, -0.2) is 11.1 Å². The monoisotopic (exact) mass is 277 g/mol. The fourth-order valence-corrected chi connectivity index (χ4v) is 1.85. The van der Waals surface area contributed by atoms with E-state index in [1.807, 2.05) is 0 Å². The summed E-state index contributed by atoms with van der Waals surface area (Å²) >= 11 is 0. The number of carboxylic acid groups (broad SMARTS) is 1. The molecule has 2 N–H and O–H groups in total. The van der Waals surface area contributed by atoms with Crippen LogP contribution in [0.1, 0.15) is 21.5 Å². The van der Waals surface area contributed by atoms with Gasteiger partial charge in [0.2, 0.25) is 0 Å². The highest BCUT2D eigenvalue weighted by atomic mass is 19.1. The van der Waals surface area contributed by atoms with Crippen molar-refractivity contribution in [2.45, 2.75) is 13.5 Å². The van der Waals surface area contributed by atoms with E-state index in [4.69, 9.17) is 5.11 Å². The van der Waals surface area contributed by atoms with Gasteiger partial charge in [-0.25, -0.2) is 13.6 Å². The lowest BCUT2D eigenvalue weighted by Crippen LogP contribution is -2.05. The number of nitrogens with one attached hydrogen (secondary N) is 1. The fourth-order valence-electron chi connectivity index (χ4n) is 1.85. The van der Waals surface area contributed by atoms with E-state index >= 15 is 0 Å². The Bertz CT molecular complexity index is 656. The molecular formula is C15H13F2NO2. The summed E-state index contributed by atoms with van der Waals surface area (Å²) in [5.74, 6) is -2.23. The third-order valence-corrected chi connectivity index (χ3v) is 2.96. The van der Waals surface area contributed by atoms with E-state index in [2.05, 4.69) is 5.32 Å². The van der Waals surface area contributed by atoms with Crippen LogP contribution in [0.2, 0.25) is 0 Å². The summed E-state index contributed by atoms with van der Waals surface area (Å²) in [6.45, 7) is 1.95. The van der Waals surface area contributed by atoms with Gasteiger partial charge in [-0.1, -0.05) is 6.07 Å². The molecule has 0 saturated heterocycles. The minimum Gasteiger partial charge on any atom is -0.478 e. The van der Waals surface area contributed by atoms with Gasteiger partial charge in [0, 0.05) is 23.9 Å². The predicted molar refractivity (Wildman–Crippen MR) is 71.8 cm³/mol. The van der Waals surface area contributed by atoms with Crippen LogP contribution in [0, 0.1) is 18.6 Å². The van der Waals surface area contributed by atoms with E-state index in [1.165, 1.54) is 24.3 Å². The Morgan fingerprint density at radius 1 is 1.20 bits per heavy atom. The lowest BCUT2D eigenvalue weighted by atomic mass is 10.1. The molecule has 0 aromatic heterocycles. The Balaban J connectivity index is 2.13. The minimum atomic E-state index is -0.996. The molecule has 0 aliphatic rings. The first-order chi connectivity index (χ1) is 9.47. The summed E-state index contributed by atoms with van der Waals surface area (Å²) in [4.78, 5) is 10.8. The van der Waals surface area contributed by atoms with Crippen molar-refractivity contribution in [1.29, 1.82) is 0 Å². The largest absolute Gasteiger partial charge is 0.478 e. The van der Waals surface area contributed by atoms with Crippen molar-refractivity contribution in [3.63, 3.8) is 0 Å². The number of hydrogen-bond acceptors (Lipinski definition) is 2. The summed E-state index contributed by atoms with van der Waals surface area (Å²) in [6.07, 6.45) is 0. The molecular weight excluding hydrogens is 264 g/mol. The molecule has 0 heterocycles. The highest BCUT2D eigenvalue weighted by Crippen LogP contribution is 2.18. The molecule has 2 aromatic carbocycles. The van der Waals surface area contributed by atoms with Gasteiger partial charge in [-0.15, -0.1) is 0 Å². The first kappa shape index (κ1) is 14.0. The molecule has 0 fully saturated rings. The molecule has 0 unspecified atom stereocenters. The van der Waals surface area contributed by atoms with Crippen LogP contribution < -0.4 is 5.32 Å². The van der Waals surface area contributed by atoms with Crippen LogP contribution in [0.4, 0.5) is 14.5 Å². The quantitative estimate of drug-likeness (QED) is 0.898. The van der Waals surface area contributed by atoms with Crippen molar-refractivity contribution >= 4 is 11.7 Å². The zero-order chi connectivity index (χ0) is 14.7. The number of aromatic carboxylic acids is 1. The third kappa shape index (κ3) is 3.12. The fraction of sp³-hybridized carbons (Fsp3) is 0.133. The third-order valence-electron chi connectivity index (χ3n) is 2.96. The van der Waals surface area contributed by atoms with E-state index < -0.39 is 17.6 Å². The second kappa shape index (κ2) is 5.69. The first-order valence-corrected chi connectivity index (χ1v) is 5.99. The number of hydrogen-bond donors (Lipinski definition) is 2. The molecule has 0 aliphatic carbocycles. The molecule has 2 rings (SSSR count). The van der Waals surface area contributed by atoms with Gasteiger partial charge in [-0.3, -0.25) is 0 Å². The maximum atomic E-state index is 13.5. The van der Waals surface area contributed by atoms with E-state index in [-0.39, 0.29) is 12.1 Å². The van der Waals surface area contributed by atoms with Crippen LogP contribution in [0.5, 0.6) is 0 Å². The van der Waals surface area contributed by atoms with Crippen molar-refractivity contribution in [2.75, 3.05) is 5.32 Å². The molecule has 104 valence electrons. The van der Waals surface area contributed by atoms with E-state index in [9.17, 15) is 13.6 Å². The Morgan fingerprint density at radius 3 is 2.55 bits per heavy atom. The lowest BCUT2D eigenvalue weighted by Gasteiger charge is -2.11. The standard InChI is InChI=1S/C15H13F2NO2/c1-9-6-10(15(19)20)3-5-14(9)18-8-11-2-4-12(16)7-13(11)17/h2-7,18H,8H2,1H3,(H,19,20). The second-order valence-electron chi connectivity index (χ2n) is 4.42. The zero-order valence-corrected chi connectivity index (χ0v) is 10.8. The average Bonchev–Trinajstić information content (AvgIpc) is 2.38. The topological polar surface area (TPSA) is 49.3 Å². The van der Waals surface area contributed by atoms with Gasteiger partial charge in [0.1, 0.15) is 11.6 Å². The van der Waals surface area contributed by atoms with Crippen molar-refractivity contribution in [3.8, 4) is 0 Å². The van der Waals surface area contributed by atoms with E-state index in [0.29, 0.717) is 11.3 Å². The molecule has 0 saturated carbocycles. The van der Waals surface area contributed by atoms with Gasteiger partial charge in [0.05, 0.1) is 5.56 Å². The zero-order valence-electron chi connectivity index (χ0n) is 10.8. The average molecular weight is 277 g/mol. The summed E-state index contributed by atoms with van der Waals surface area (Å²) in [7, 11) is 0. The van der Waals surface area contributed by atoms with Crippen LogP contribution in [0.25, 0.3) is 0 Å². The number of anilines is 1. The molecule has 0 bridgehead atoms. The number of halogens is 2. The number of rotatable bonds is 4. The molecule has 0 amide bonds. The van der Waals surface area contributed by atoms with E-state index in [0.717, 1.165) is 11.6 Å². The van der Waals surface area contributed by atoms with Crippen LogP contribution in [-0.2, 0) is 6.54 Å². The van der Waals surface area contributed by atoms with Crippen molar-refractivity contribution in [2.24, 2.45) is 0 Å². The Labute approximate surface area is 114 Å². The number of aryl methyl sites for hydroxylation is 1. The maximum absolute atomic E-state index is 13.5. The van der Waals surface area contributed by atoms with Crippen molar-refractivity contribution in [1.82, 2.24) is 0 Å². The van der Waals surface area contributed by atoms with Crippen LogP contribution in [0.15, 0.2) is 36.4 Å². The number of carboxylic acids is 1. The molecule has 0 atom stereocenters. The molecule has 0 aliphatic heterocycles. The molecule has 2 aromatic rings. The predicted octanol–water partition coefficient (Wildman–Crippen LogP) is 3.58. The van der Waals surface area contributed by atoms with Gasteiger partial charge >= 0.3 is 5.97 Å². The summed E-state index contributed by atoms with van der Waals surface area (Å²) in [6, 6.07) is 8.03. The van der Waals surface area contributed by atoms with Gasteiger partial charge < -0.3 is 10.4 Å². The van der Waals surface area contributed by atoms with Gasteiger partial charge in [0.25, 0.3) is 0 Å². The van der Waals surface area contributed by atoms with E-state index in [1.54, 1.807) is 13.0 Å². The van der Waals surface area contributed by atoms with Crippen LogP contribution in [0.3, 0.4) is 0 Å². The number of benzene rings is 2. The molecule has 0 radical (unpaired) electrons. The van der Waals surface area contributed by atoms with Gasteiger partial charge in [-0.2, -0.15) is 0 Å². The van der Waals surface area contributed by atoms with Crippen molar-refractivity contribution < 1.29 is 18.7 Å². The molecule has 5 heteroatoms. The normalized spacial score (nSPS) is 10.3. The smallest absolute Gasteiger partial charge is 0.335 e. The highest BCUT2D eigenvalue weighted by Gasteiger charge is 2.07. The second-order valence-corrected chi connectivity index (χ2v) is 4.42. The summed E-state index contributed by atoms with van der Waals surface area (Å²) in [5, 5.41) is 11.9.